The van der Waals surface area contributed by atoms with Crippen molar-refractivity contribution in [2.75, 3.05) is 42.7 Å². The molecule has 0 atom stereocenters. The van der Waals surface area contributed by atoms with Crippen molar-refractivity contribution in [2.24, 2.45) is 0 Å². The van der Waals surface area contributed by atoms with E-state index in [0.717, 1.165) is 38.9 Å². The van der Waals surface area contributed by atoms with E-state index in [1.54, 1.807) is 48.7 Å². The molecule has 0 fully saturated rings. The fourth-order valence-corrected chi connectivity index (χ4v) is 5.26. The molecule has 5 aromatic carbocycles. The molecular formula is C39H36O7. The molecule has 0 bridgehead atoms. The lowest BCUT2D eigenvalue weighted by Gasteiger charge is -2.15. The van der Waals surface area contributed by atoms with Crippen LogP contribution in [0.15, 0.2) is 103 Å². The lowest BCUT2D eigenvalue weighted by atomic mass is 9.92. The van der Waals surface area contributed by atoms with Gasteiger partial charge in [0.15, 0.2) is 40.3 Å². The van der Waals surface area contributed by atoms with Gasteiger partial charge in [0.05, 0.1) is 42.7 Å². The van der Waals surface area contributed by atoms with Gasteiger partial charge in [0, 0.05) is 5.56 Å². The van der Waals surface area contributed by atoms with Crippen LogP contribution in [0, 0.1) is 0 Å². The monoisotopic (exact) mass is 616 g/mol. The van der Waals surface area contributed by atoms with E-state index in [1.807, 2.05) is 103 Å². The number of ketones is 1. The fraction of sp³-hybridized carbons (Fsp3) is 0.154. The van der Waals surface area contributed by atoms with Crippen LogP contribution in [-0.4, -0.2) is 48.4 Å². The van der Waals surface area contributed by atoms with Crippen LogP contribution in [0.4, 0.5) is 0 Å². The molecule has 0 aliphatic carbocycles. The Kier molecular flexibility index (Phi) is 9.93. The Morgan fingerprint density at radius 1 is 0.435 bits per heavy atom. The van der Waals surface area contributed by atoms with Gasteiger partial charge in [-0.3, -0.25) is 4.79 Å². The van der Waals surface area contributed by atoms with Crippen molar-refractivity contribution in [3.05, 3.63) is 114 Å². The van der Waals surface area contributed by atoms with Gasteiger partial charge in [-0.15, -0.1) is 0 Å². The summed E-state index contributed by atoms with van der Waals surface area (Å²) in [6.45, 7) is 0. The van der Waals surface area contributed by atoms with E-state index >= 15 is 0 Å². The molecule has 5 rings (SSSR count). The predicted octanol–water partition coefficient (Wildman–Crippen LogP) is 8.64. The summed E-state index contributed by atoms with van der Waals surface area (Å²) in [5, 5.41) is 0. The summed E-state index contributed by atoms with van der Waals surface area (Å²) in [7, 11) is 9.63. The standard InChI is InChI=1S/C39H36O7/c1-41-34-18-13-28(22-37(34)44-4)26-10-7-25(8-11-26)9-17-33(40)31-16-12-27(29-14-19-35(42-2)38(23-29)45-5)21-32(31)30-15-20-36(43-3)39(24-30)46-6/h7-24H,1-6H3/b17-9+. The highest BCUT2D eigenvalue weighted by atomic mass is 16.5. The number of methoxy groups -OCH3 is 6. The Labute approximate surface area is 269 Å². The Balaban J connectivity index is 1.49. The van der Waals surface area contributed by atoms with Crippen molar-refractivity contribution in [1.82, 2.24) is 0 Å². The second-order valence-electron chi connectivity index (χ2n) is 10.3. The lowest BCUT2D eigenvalue weighted by molar-refractivity contribution is 0.104. The van der Waals surface area contributed by atoms with E-state index in [4.69, 9.17) is 28.4 Å². The number of ether oxygens (including phenoxy) is 6. The molecular weight excluding hydrogens is 580 g/mol. The second-order valence-corrected chi connectivity index (χ2v) is 10.3. The van der Waals surface area contributed by atoms with Gasteiger partial charge in [-0.05, 0) is 93.6 Å². The maximum Gasteiger partial charge on any atom is 0.186 e. The summed E-state index contributed by atoms with van der Waals surface area (Å²) in [6.07, 6.45) is 3.42. The first-order valence-corrected chi connectivity index (χ1v) is 14.6. The van der Waals surface area contributed by atoms with Crippen molar-refractivity contribution in [1.29, 1.82) is 0 Å². The zero-order valence-electron chi connectivity index (χ0n) is 26.8. The van der Waals surface area contributed by atoms with E-state index in [9.17, 15) is 4.79 Å². The lowest BCUT2D eigenvalue weighted by Crippen LogP contribution is -2.00. The van der Waals surface area contributed by atoms with Gasteiger partial charge in [-0.1, -0.05) is 54.6 Å². The molecule has 0 aliphatic heterocycles. The molecule has 0 radical (unpaired) electrons. The van der Waals surface area contributed by atoms with Crippen molar-refractivity contribution in [2.45, 2.75) is 0 Å². The number of carbonyl (C=O) groups excluding carboxylic acids is 1. The maximum absolute atomic E-state index is 13.7. The Hall–Kier alpha value is -5.69. The van der Waals surface area contributed by atoms with Crippen LogP contribution in [0.5, 0.6) is 34.5 Å². The first-order chi connectivity index (χ1) is 22.4. The van der Waals surface area contributed by atoms with Crippen LogP contribution >= 0.6 is 0 Å². The molecule has 7 nitrogen and oxygen atoms in total. The van der Waals surface area contributed by atoms with Crippen LogP contribution in [-0.2, 0) is 0 Å². The van der Waals surface area contributed by atoms with Gasteiger partial charge >= 0.3 is 0 Å². The molecule has 46 heavy (non-hydrogen) atoms. The predicted molar refractivity (Wildman–Crippen MR) is 182 cm³/mol. The van der Waals surface area contributed by atoms with E-state index in [-0.39, 0.29) is 5.78 Å². The molecule has 0 saturated heterocycles. The highest BCUT2D eigenvalue weighted by Crippen LogP contribution is 2.38. The van der Waals surface area contributed by atoms with E-state index in [1.165, 1.54) is 0 Å². The molecule has 0 heterocycles. The minimum atomic E-state index is -0.132. The fourth-order valence-electron chi connectivity index (χ4n) is 5.26. The van der Waals surface area contributed by atoms with E-state index < -0.39 is 0 Å². The second kappa shape index (κ2) is 14.4. The van der Waals surface area contributed by atoms with Crippen LogP contribution < -0.4 is 28.4 Å². The summed E-state index contributed by atoms with van der Waals surface area (Å²) in [5.41, 5.74) is 6.87. The molecule has 0 saturated carbocycles. The molecule has 0 unspecified atom stereocenters. The third-order valence-electron chi connectivity index (χ3n) is 7.75. The van der Waals surface area contributed by atoms with Crippen molar-refractivity contribution in [3.8, 4) is 67.9 Å². The number of hydrogen-bond donors (Lipinski definition) is 0. The third-order valence-corrected chi connectivity index (χ3v) is 7.75. The van der Waals surface area contributed by atoms with Crippen LogP contribution in [0.1, 0.15) is 15.9 Å². The average molecular weight is 617 g/mol. The molecule has 0 aromatic heterocycles. The van der Waals surface area contributed by atoms with Crippen molar-refractivity contribution < 1.29 is 33.2 Å². The summed E-state index contributed by atoms with van der Waals surface area (Å²) in [5.74, 6) is 3.64. The first-order valence-electron chi connectivity index (χ1n) is 14.6. The molecule has 0 spiro atoms. The topological polar surface area (TPSA) is 72.5 Å². The largest absolute Gasteiger partial charge is 0.493 e. The van der Waals surface area contributed by atoms with Crippen LogP contribution in [0.2, 0.25) is 0 Å². The Morgan fingerprint density at radius 3 is 1.33 bits per heavy atom. The van der Waals surface area contributed by atoms with Gasteiger partial charge < -0.3 is 28.4 Å². The van der Waals surface area contributed by atoms with E-state index in [2.05, 4.69) is 0 Å². The van der Waals surface area contributed by atoms with E-state index in [0.29, 0.717) is 40.1 Å². The molecule has 234 valence electrons. The zero-order valence-corrected chi connectivity index (χ0v) is 26.8. The highest BCUT2D eigenvalue weighted by molar-refractivity contribution is 6.11. The summed E-state index contributed by atoms with van der Waals surface area (Å²) in [4.78, 5) is 13.7. The molecule has 0 N–H and O–H groups in total. The number of benzene rings is 5. The van der Waals surface area contributed by atoms with Gasteiger partial charge in [0.2, 0.25) is 0 Å². The molecule has 0 aliphatic rings. The van der Waals surface area contributed by atoms with Crippen molar-refractivity contribution >= 4 is 11.9 Å². The third kappa shape index (κ3) is 6.69. The zero-order chi connectivity index (χ0) is 32.6. The smallest absolute Gasteiger partial charge is 0.186 e. The van der Waals surface area contributed by atoms with Crippen molar-refractivity contribution in [3.63, 3.8) is 0 Å². The SMILES string of the molecule is COc1ccc(-c2ccc(/C=C/C(=O)c3ccc(-c4ccc(OC)c(OC)c4)cc3-c3ccc(OC)c(OC)c3)cc2)cc1OC. The molecule has 5 aromatic rings. The normalized spacial score (nSPS) is 10.8. The Bertz CT molecular complexity index is 1870. The number of hydrogen-bond acceptors (Lipinski definition) is 7. The molecule has 0 amide bonds. The summed E-state index contributed by atoms with van der Waals surface area (Å²) in [6, 6.07) is 30.9. The maximum atomic E-state index is 13.7. The Morgan fingerprint density at radius 2 is 0.826 bits per heavy atom. The minimum absolute atomic E-state index is 0.132. The van der Waals surface area contributed by atoms with Gasteiger partial charge in [-0.2, -0.15) is 0 Å². The van der Waals surface area contributed by atoms with Gasteiger partial charge in [-0.25, -0.2) is 0 Å². The minimum Gasteiger partial charge on any atom is -0.493 e. The first kappa shape index (κ1) is 31.7. The molecule has 7 heteroatoms. The quantitative estimate of drug-likeness (QED) is 0.103. The number of allylic oxidation sites excluding steroid dienone is 1. The summed E-state index contributed by atoms with van der Waals surface area (Å²) >= 11 is 0. The number of rotatable bonds is 12. The van der Waals surface area contributed by atoms with Crippen LogP contribution in [0.25, 0.3) is 39.5 Å². The van der Waals surface area contributed by atoms with Gasteiger partial charge in [0.25, 0.3) is 0 Å². The number of carbonyl (C=O) groups is 1. The highest BCUT2D eigenvalue weighted by Gasteiger charge is 2.16. The average Bonchev–Trinajstić information content (AvgIpc) is 3.12. The van der Waals surface area contributed by atoms with Crippen LogP contribution in [0.3, 0.4) is 0 Å². The van der Waals surface area contributed by atoms with Gasteiger partial charge in [0.1, 0.15) is 0 Å². The summed E-state index contributed by atoms with van der Waals surface area (Å²) < 4.78 is 32.8.